The number of nitrogens with one attached hydrogen (secondary N) is 2. The number of carbonyl (C=O) groups is 1. The van der Waals surface area contributed by atoms with Crippen LogP contribution in [0.2, 0.25) is 0 Å². The van der Waals surface area contributed by atoms with Gasteiger partial charge in [0.05, 0.1) is 12.5 Å². The Morgan fingerprint density at radius 2 is 2.05 bits per heavy atom. The van der Waals surface area contributed by atoms with Crippen molar-refractivity contribution in [1.29, 1.82) is 0 Å². The molecule has 4 nitrogen and oxygen atoms in total. The Hall–Kier alpha value is -1.81. The van der Waals surface area contributed by atoms with Crippen LogP contribution in [0.5, 0.6) is 0 Å². The summed E-state index contributed by atoms with van der Waals surface area (Å²) in [5.74, 6) is 0.0142. The summed E-state index contributed by atoms with van der Waals surface area (Å²) in [6.07, 6.45) is 0.393. The lowest BCUT2D eigenvalue weighted by molar-refractivity contribution is -0.123. The van der Waals surface area contributed by atoms with Crippen LogP contribution in [-0.2, 0) is 11.2 Å². The molecule has 1 heterocycles. The SMILES string of the molecule is Cc1[nH]c2ccccc2c1CCNC(=O)CC(O)C(C)C. The number of fused-ring (bicyclic) bond motifs is 1. The summed E-state index contributed by atoms with van der Waals surface area (Å²) < 4.78 is 0. The molecule has 0 aliphatic rings. The minimum absolute atomic E-state index is 0.0892. The highest BCUT2D eigenvalue weighted by atomic mass is 16.3. The predicted molar refractivity (Wildman–Crippen MR) is 85.2 cm³/mol. The summed E-state index contributed by atoms with van der Waals surface area (Å²) in [5.41, 5.74) is 3.52. The monoisotopic (exact) mass is 288 g/mol. The summed E-state index contributed by atoms with van der Waals surface area (Å²) in [6, 6.07) is 8.19. The van der Waals surface area contributed by atoms with Crippen LogP contribution in [0.15, 0.2) is 24.3 Å². The standard InChI is InChI=1S/C17H24N2O2/c1-11(2)16(20)10-17(21)18-9-8-13-12(3)19-15-7-5-4-6-14(13)15/h4-7,11,16,19-20H,8-10H2,1-3H3,(H,18,21). The number of aromatic nitrogens is 1. The molecule has 1 aromatic carbocycles. The highest BCUT2D eigenvalue weighted by molar-refractivity contribution is 5.84. The lowest BCUT2D eigenvalue weighted by Crippen LogP contribution is -2.31. The number of benzene rings is 1. The maximum absolute atomic E-state index is 11.8. The predicted octanol–water partition coefficient (Wildman–Crippen LogP) is 2.54. The van der Waals surface area contributed by atoms with E-state index in [4.69, 9.17) is 0 Å². The van der Waals surface area contributed by atoms with E-state index in [1.807, 2.05) is 26.0 Å². The number of hydrogen-bond acceptors (Lipinski definition) is 2. The molecule has 4 heteroatoms. The van der Waals surface area contributed by atoms with E-state index in [-0.39, 0.29) is 18.2 Å². The summed E-state index contributed by atoms with van der Waals surface area (Å²) in [7, 11) is 0. The van der Waals surface area contributed by atoms with E-state index in [0.717, 1.165) is 17.6 Å². The Balaban J connectivity index is 1.91. The molecule has 21 heavy (non-hydrogen) atoms. The van der Waals surface area contributed by atoms with Gasteiger partial charge in [0.25, 0.3) is 0 Å². The van der Waals surface area contributed by atoms with Crippen LogP contribution in [0.25, 0.3) is 10.9 Å². The molecule has 1 atom stereocenters. The van der Waals surface area contributed by atoms with Crippen LogP contribution in [0, 0.1) is 12.8 Å². The number of rotatable bonds is 6. The van der Waals surface area contributed by atoms with Gasteiger partial charge in [-0.1, -0.05) is 32.0 Å². The van der Waals surface area contributed by atoms with E-state index in [0.29, 0.717) is 6.54 Å². The van der Waals surface area contributed by atoms with Gasteiger partial charge in [-0.2, -0.15) is 0 Å². The lowest BCUT2D eigenvalue weighted by atomic mass is 10.0. The highest BCUT2D eigenvalue weighted by Crippen LogP contribution is 2.21. The second-order valence-corrected chi connectivity index (χ2v) is 5.89. The summed E-state index contributed by atoms with van der Waals surface area (Å²) in [5, 5.41) is 13.8. The molecule has 0 saturated heterocycles. The van der Waals surface area contributed by atoms with Gasteiger partial charge in [-0.15, -0.1) is 0 Å². The van der Waals surface area contributed by atoms with Gasteiger partial charge in [0.2, 0.25) is 5.91 Å². The molecule has 2 rings (SSSR count). The molecule has 0 bridgehead atoms. The summed E-state index contributed by atoms with van der Waals surface area (Å²) in [6.45, 7) is 6.46. The van der Waals surface area contributed by atoms with Crippen molar-refractivity contribution < 1.29 is 9.90 Å². The van der Waals surface area contributed by atoms with E-state index >= 15 is 0 Å². The first-order valence-electron chi connectivity index (χ1n) is 7.50. The molecule has 1 amide bonds. The number of H-pyrrole nitrogens is 1. The van der Waals surface area contributed by atoms with Gasteiger partial charge in [-0.05, 0) is 30.9 Å². The van der Waals surface area contributed by atoms with E-state index in [2.05, 4.69) is 29.4 Å². The van der Waals surface area contributed by atoms with Crippen LogP contribution in [-0.4, -0.2) is 28.6 Å². The molecule has 0 fully saturated rings. The average molecular weight is 288 g/mol. The van der Waals surface area contributed by atoms with Crippen molar-refractivity contribution in [3.63, 3.8) is 0 Å². The Morgan fingerprint density at radius 1 is 1.33 bits per heavy atom. The number of aliphatic hydroxyl groups is 1. The van der Waals surface area contributed by atoms with E-state index < -0.39 is 6.10 Å². The van der Waals surface area contributed by atoms with Crippen LogP contribution >= 0.6 is 0 Å². The van der Waals surface area contributed by atoms with Crippen molar-refractivity contribution in [1.82, 2.24) is 10.3 Å². The zero-order valence-electron chi connectivity index (χ0n) is 12.9. The minimum Gasteiger partial charge on any atom is -0.392 e. The molecule has 114 valence electrons. The van der Waals surface area contributed by atoms with E-state index in [9.17, 15) is 9.90 Å². The van der Waals surface area contributed by atoms with Crippen molar-refractivity contribution in [2.75, 3.05) is 6.54 Å². The molecule has 1 aromatic heterocycles. The Labute approximate surface area is 125 Å². The van der Waals surface area contributed by atoms with Crippen LogP contribution < -0.4 is 5.32 Å². The normalized spacial score (nSPS) is 12.8. The van der Waals surface area contributed by atoms with E-state index in [1.54, 1.807) is 0 Å². The average Bonchev–Trinajstić information content (AvgIpc) is 2.75. The fourth-order valence-electron chi connectivity index (χ4n) is 2.48. The molecular formula is C17H24N2O2. The number of para-hydroxylation sites is 1. The van der Waals surface area contributed by atoms with Gasteiger partial charge in [0.15, 0.2) is 0 Å². The molecule has 1 unspecified atom stereocenters. The van der Waals surface area contributed by atoms with Crippen molar-refractivity contribution in [3.8, 4) is 0 Å². The Kier molecular flexibility index (Phi) is 5.02. The number of aromatic amines is 1. The third kappa shape index (κ3) is 3.85. The van der Waals surface area contributed by atoms with Crippen molar-refractivity contribution in [2.24, 2.45) is 5.92 Å². The summed E-state index contributed by atoms with van der Waals surface area (Å²) >= 11 is 0. The first kappa shape index (κ1) is 15.6. The smallest absolute Gasteiger partial charge is 0.222 e. The van der Waals surface area contributed by atoms with Gasteiger partial charge in [-0.25, -0.2) is 0 Å². The van der Waals surface area contributed by atoms with Gasteiger partial charge in [0.1, 0.15) is 0 Å². The molecule has 0 radical (unpaired) electrons. The molecular weight excluding hydrogens is 264 g/mol. The number of aliphatic hydroxyl groups excluding tert-OH is 1. The molecule has 0 spiro atoms. The molecule has 0 saturated carbocycles. The highest BCUT2D eigenvalue weighted by Gasteiger charge is 2.14. The number of hydrogen-bond donors (Lipinski definition) is 3. The van der Waals surface area contributed by atoms with Crippen LogP contribution in [0.3, 0.4) is 0 Å². The van der Waals surface area contributed by atoms with Gasteiger partial charge >= 0.3 is 0 Å². The second kappa shape index (κ2) is 6.76. The first-order valence-corrected chi connectivity index (χ1v) is 7.50. The fraction of sp³-hybridized carbons (Fsp3) is 0.471. The third-order valence-corrected chi connectivity index (χ3v) is 3.89. The fourth-order valence-corrected chi connectivity index (χ4v) is 2.48. The first-order chi connectivity index (χ1) is 9.99. The second-order valence-electron chi connectivity index (χ2n) is 5.89. The molecule has 0 aliphatic carbocycles. The van der Waals surface area contributed by atoms with Gasteiger partial charge in [0, 0.05) is 23.1 Å². The molecule has 2 aromatic rings. The topological polar surface area (TPSA) is 65.1 Å². The van der Waals surface area contributed by atoms with Crippen LogP contribution in [0.4, 0.5) is 0 Å². The quantitative estimate of drug-likeness (QED) is 0.765. The Bertz CT molecular complexity index is 616. The number of amides is 1. The van der Waals surface area contributed by atoms with Crippen molar-refractivity contribution >= 4 is 16.8 Å². The zero-order valence-corrected chi connectivity index (χ0v) is 12.9. The van der Waals surface area contributed by atoms with Gasteiger partial charge in [-0.3, -0.25) is 4.79 Å². The minimum atomic E-state index is -0.570. The maximum atomic E-state index is 11.8. The number of carbonyl (C=O) groups excluding carboxylic acids is 1. The van der Waals surface area contributed by atoms with Crippen molar-refractivity contribution in [3.05, 3.63) is 35.5 Å². The number of aryl methyl sites for hydroxylation is 1. The molecule has 0 aliphatic heterocycles. The largest absolute Gasteiger partial charge is 0.392 e. The third-order valence-electron chi connectivity index (χ3n) is 3.89. The van der Waals surface area contributed by atoms with Gasteiger partial charge < -0.3 is 15.4 Å². The van der Waals surface area contributed by atoms with Crippen molar-refractivity contribution in [2.45, 2.75) is 39.7 Å². The lowest BCUT2D eigenvalue weighted by Gasteiger charge is -2.14. The van der Waals surface area contributed by atoms with Crippen LogP contribution in [0.1, 0.15) is 31.5 Å². The zero-order chi connectivity index (χ0) is 15.4. The molecule has 3 N–H and O–H groups in total. The summed E-state index contributed by atoms with van der Waals surface area (Å²) in [4.78, 5) is 15.1. The Morgan fingerprint density at radius 3 is 2.76 bits per heavy atom. The maximum Gasteiger partial charge on any atom is 0.222 e. The van der Waals surface area contributed by atoms with E-state index in [1.165, 1.54) is 10.9 Å².